The fourth-order valence-electron chi connectivity index (χ4n) is 1.79. The molecule has 2 aromatic rings. The average molecular weight is 307 g/mol. The Morgan fingerprint density at radius 2 is 2.24 bits per heavy atom. The Kier molecular flexibility index (Phi) is 5.58. The Hall–Kier alpha value is -1.60. The van der Waals surface area contributed by atoms with Gasteiger partial charge in [-0.1, -0.05) is 26.8 Å². The quantitative estimate of drug-likeness (QED) is 0.818. The minimum absolute atomic E-state index is 0.169. The molecule has 7 heteroatoms. The van der Waals surface area contributed by atoms with Crippen molar-refractivity contribution in [3.05, 3.63) is 34.4 Å². The number of hydrogen-bond acceptors (Lipinski definition) is 5. The molecule has 0 saturated carbocycles. The van der Waals surface area contributed by atoms with Crippen molar-refractivity contribution in [2.45, 2.75) is 56.5 Å². The van der Waals surface area contributed by atoms with E-state index in [1.165, 1.54) is 11.8 Å². The fraction of sp³-hybridized carbons (Fsp3) is 0.500. The maximum Gasteiger partial charge on any atom is 0.343 e. The van der Waals surface area contributed by atoms with Crippen LogP contribution in [0.25, 0.3) is 0 Å². The summed E-state index contributed by atoms with van der Waals surface area (Å²) in [6.07, 6.45) is 2.74. The zero-order valence-corrected chi connectivity index (χ0v) is 13.4. The molecule has 2 heterocycles. The average Bonchev–Trinajstić information content (AvgIpc) is 2.80. The minimum Gasteiger partial charge on any atom is -0.310 e. The van der Waals surface area contributed by atoms with Crippen molar-refractivity contribution in [3.63, 3.8) is 0 Å². The first-order valence-corrected chi connectivity index (χ1v) is 7.93. The van der Waals surface area contributed by atoms with Crippen molar-refractivity contribution in [1.82, 2.24) is 25.1 Å². The molecule has 0 aromatic carbocycles. The first-order chi connectivity index (χ1) is 10.1. The number of hydrogen-bond donors (Lipinski definition) is 2. The second-order valence-electron chi connectivity index (χ2n) is 5.11. The third kappa shape index (κ3) is 4.44. The highest BCUT2D eigenvalue weighted by atomic mass is 32.2. The Morgan fingerprint density at radius 3 is 2.86 bits per heavy atom. The van der Waals surface area contributed by atoms with Gasteiger partial charge in [0.25, 0.3) is 0 Å². The van der Waals surface area contributed by atoms with Crippen molar-refractivity contribution >= 4 is 11.8 Å². The molecule has 0 bridgehead atoms. The summed E-state index contributed by atoms with van der Waals surface area (Å²) in [5.74, 6) is 0. The van der Waals surface area contributed by atoms with Crippen LogP contribution in [0, 0.1) is 0 Å². The van der Waals surface area contributed by atoms with E-state index in [0.29, 0.717) is 17.7 Å². The van der Waals surface area contributed by atoms with E-state index in [9.17, 15) is 4.79 Å². The highest BCUT2D eigenvalue weighted by Gasteiger charge is 2.10. The lowest BCUT2D eigenvalue weighted by molar-refractivity contribution is 0.587. The molecule has 2 N–H and O–H groups in total. The van der Waals surface area contributed by atoms with E-state index >= 15 is 0 Å². The molecule has 21 heavy (non-hydrogen) atoms. The predicted octanol–water partition coefficient (Wildman–Crippen LogP) is 2.03. The Balaban J connectivity index is 2.05. The molecule has 114 valence electrons. The summed E-state index contributed by atoms with van der Waals surface area (Å²) < 4.78 is 1.64. The fourth-order valence-corrected chi connectivity index (χ4v) is 2.60. The molecule has 0 atom stereocenters. The molecular weight excluding hydrogens is 286 g/mol. The van der Waals surface area contributed by atoms with Crippen LogP contribution >= 0.6 is 11.8 Å². The van der Waals surface area contributed by atoms with Crippen LogP contribution in [-0.2, 0) is 13.1 Å². The van der Waals surface area contributed by atoms with Gasteiger partial charge in [-0.05, 0) is 29.8 Å². The SMILES string of the molecule is CCCn1c(Sc2ccc(CNC(C)C)cn2)n[nH]c1=O. The molecule has 0 amide bonds. The van der Waals surface area contributed by atoms with E-state index in [2.05, 4.69) is 34.3 Å². The summed E-state index contributed by atoms with van der Waals surface area (Å²) in [6, 6.07) is 4.45. The van der Waals surface area contributed by atoms with Crippen LogP contribution in [-0.4, -0.2) is 25.8 Å². The summed E-state index contributed by atoms with van der Waals surface area (Å²) in [5.41, 5.74) is 0.970. The van der Waals surface area contributed by atoms with Gasteiger partial charge in [0.15, 0.2) is 5.16 Å². The van der Waals surface area contributed by atoms with Crippen LogP contribution in [0.3, 0.4) is 0 Å². The lowest BCUT2D eigenvalue weighted by Crippen LogP contribution is -2.21. The molecule has 0 aliphatic carbocycles. The minimum atomic E-state index is -0.169. The molecule has 6 nitrogen and oxygen atoms in total. The second-order valence-corrected chi connectivity index (χ2v) is 6.09. The molecule has 0 aliphatic rings. The van der Waals surface area contributed by atoms with Gasteiger partial charge < -0.3 is 5.32 Å². The monoisotopic (exact) mass is 307 g/mol. The molecule has 0 saturated heterocycles. The highest BCUT2D eigenvalue weighted by molar-refractivity contribution is 7.99. The maximum atomic E-state index is 11.6. The molecule has 2 rings (SSSR count). The molecule has 0 fully saturated rings. The van der Waals surface area contributed by atoms with Crippen LogP contribution in [0.1, 0.15) is 32.8 Å². The molecule has 0 unspecified atom stereocenters. The van der Waals surface area contributed by atoms with Gasteiger partial charge in [0.2, 0.25) is 0 Å². The molecular formula is C14H21N5OS. The van der Waals surface area contributed by atoms with Crippen molar-refractivity contribution < 1.29 is 0 Å². The number of nitrogens with one attached hydrogen (secondary N) is 2. The van der Waals surface area contributed by atoms with E-state index in [0.717, 1.165) is 23.6 Å². The predicted molar refractivity (Wildman–Crippen MR) is 83.5 cm³/mol. The van der Waals surface area contributed by atoms with Crippen molar-refractivity contribution in [2.75, 3.05) is 0 Å². The number of pyridine rings is 1. The Bertz CT molecular complexity index is 617. The van der Waals surface area contributed by atoms with Crippen molar-refractivity contribution in [1.29, 1.82) is 0 Å². The zero-order valence-electron chi connectivity index (χ0n) is 12.6. The van der Waals surface area contributed by atoms with E-state index in [-0.39, 0.29) is 5.69 Å². The van der Waals surface area contributed by atoms with E-state index < -0.39 is 0 Å². The largest absolute Gasteiger partial charge is 0.343 e. The molecule has 0 aliphatic heterocycles. The molecule has 2 aromatic heterocycles. The number of nitrogens with zero attached hydrogens (tertiary/aromatic N) is 3. The van der Waals surface area contributed by atoms with Crippen LogP contribution in [0.15, 0.2) is 33.3 Å². The lowest BCUT2D eigenvalue weighted by atomic mass is 10.2. The smallest absolute Gasteiger partial charge is 0.310 e. The summed E-state index contributed by atoms with van der Waals surface area (Å²) in [4.78, 5) is 16.0. The standard InChI is InChI=1S/C14H21N5OS/c1-4-7-19-13(20)17-18-14(19)21-12-6-5-11(9-16-12)8-15-10(2)3/h5-6,9-10,15H,4,7-8H2,1-3H3,(H,17,20). The van der Waals surface area contributed by atoms with Gasteiger partial charge in [-0.3, -0.25) is 4.57 Å². The normalized spacial score (nSPS) is 11.2. The first kappa shape index (κ1) is 15.8. The number of aromatic amines is 1. The van der Waals surface area contributed by atoms with Gasteiger partial charge in [0.05, 0.1) is 0 Å². The molecule has 0 spiro atoms. The molecule has 0 radical (unpaired) electrons. The summed E-state index contributed by atoms with van der Waals surface area (Å²) in [7, 11) is 0. The van der Waals surface area contributed by atoms with Crippen LogP contribution < -0.4 is 11.0 Å². The number of aromatic nitrogens is 4. The highest BCUT2D eigenvalue weighted by Crippen LogP contribution is 2.23. The van der Waals surface area contributed by atoms with Gasteiger partial charge in [-0.15, -0.1) is 5.10 Å². The van der Waals surface area contributed by atoms with E-state index in [1.807, 2.05) is 25.3 Å². The number of rotatable bonds is 7. The van der Waals surface area contributed by atoms with Crippen LogP contribution in [0.2, 0.25) is 0 Å². The summed E-state index contributed by atoms with van der Waals surface area (Å²) >= 11 is 1.40. The van der Waals surface area contributed by atoms with Crippen LogP contribution in [0.4, 0.5) is 0 Å². The van der Waals surface area contributed by atoms with Crippen molar-refractivity contribution in [2.24, 2.45) is 0 Å². The van der Waals surface area contributed by atoms with Gasteiger partial charge in [0.1, 0.15) is 5.03 Å². The van der Waals surface area contributed by atoms with Gasteiger partial charge >= 0.3 is 5.69 Å². The Morgan fingerprint density at radius 1 is 1.43 bits per heavy atom. The second kappa shape index (κ2) is 7.42. The van der Waals surface area contributed by atoms with Gasteiger partial charge in [-0.25, -0.2) is 14.9 Å². The van der Waals surface area contributed by atoms with Gasteiger partial charge in [0, 0.05) is 25.3 Å². The summed E-state index contributed by atoms with van der Waals surface area (Å²) in [5, 5.41) is 11.4. The summed E-state index contributed by atoms with van der Waals surface area (Å²) in [6.45, 7) is 7.72. The Labute approximate surface area is 128 Å². The van der Waals surface area contributed by atoms with Gasteiger partial charge in [-0.2, -0.15) is 0 Å². The number of H-pyrrole nitrogens is 1. The maximum absolute atomic E-state index is 11.6. The first-order valence-electron chi connectivity index (χ1n) is 7.11. The topological polar surface area (TPSA) is 75.6 Å². The van der Waals surface area contributed by atoms with E-state index in [4.69, 9.17) is 0 Å². The third-order valence-corrected chi connectivity index (χ3v) is 3.82. The zero-order chi connectivity index (χ0) is 15.2. The third-order valence-electron chi connectivity index (χ3n) is 2.88. The van der Waals surface area contributed by atoms with E-state index in [1.54, 1.807) is 4.57 Å². The van der Waals surface area contributed by atoms with Crippen molar-refractivity contribution in [3.8, 4) is 0 Å². The lowest BCUT2D eigenvalue weighted by Gasteiger charge is -2.08. The van der Waals surface area contributed by atoms with Crippen LogP contribution in [0.5, 0.6) is 0 Å².